The molecule has 1 saturated carbocycles. The van der Waals surface area contributed by atoms with Gasteiger partial charge in [-0.15, -0.1) is 0 Å². The molecule has 3 aromatic rings. The van der Waals surface area contributed by atoms with Crippen LogP contribution in [-0.2, 0) is 28.0 Å². The summed E-state index contributed by atoms with van der Waals surface area (Å²) in [4.78, 5) is 22.9. The molecule has 2 aliphatic rings. The number of nitrogens with one attached hydrogen (secondary N) is 2. The molecule has 2 heterocycles. The van der Waals surface area contributed by atoms with Crippen molar-refractivity contribution in [1.29, 1.82) is 0 Å². The highest BCUT2D eigenvalue weighted by Crippen LogP contribution is 2.47. The molecule has 10 nitrogen and oxygen atoms in total. The van der Waals surface area contributed by atoms with Crippen molar-refractivity contribution in [3.8, 4) is 5.75 Å². The van der Waals surface area contributed by atoms with Crippen molar-refractivity contribution in [2.24, 2.45) is 0 Å². The standard InChI is InChI=1S/C32H39F3N5O5P/c1-6-45-46(5,43)18-19-7-9-24(26(15-19)44-4)38-30-36-16-23(32(33,34)35)28(39-30)37-25-10-8-21(20-11-13-31(2,42)14-12-20)22-17-40(3)29(41)27(22)25/h7-10,15-16,20,42H,6,11-14,17-18H2,1-5H3,(H2,36,37,38,39)/t20-,31+,46?. The SMILES string of the molecule is CCOP(C)(=O)Cc1ccc(Nc2ncc(C(F)(F)F)c(Nc3ccc([C@H]4CC[C@@](C)(O)CC4)c4c3C(=O)N(C)C4)n2)c(OC)c1. The van der Waals surface area contributed by atoms with E-state index in [-0.39, 0.29) is 29.6 Å². The van der Waals surface area contributed by atoms with E-state index in [0.717, 1.165) is 24.0 Å². The first kappa shape index (κ1) is 33.7. The van der Waals surface area contributed by atoms with Gasteiger partial charge in [0.05, 0.1) is 36.3 Å². The van der Waals surface area contributed by atoms with Gasteiger partial charge in [-0.3, -0.25) is 9.36 Å². The second-order valence-electron chi connectivity index (χ2n) is 12.3. The Bertz CT molecular complexity index is 1670. The summed E-state index contributed by atoms with van der Waals surface area (Å²) in [6.07, 6.45) is -1.16. The lowest BCUT2D eigenvalue weighted by Gasteiger charge is -2.34. The van der Waals surface area contributed by atoms with Crippen LogP contribution in [0.4, 0.5) is 36.3 Å². The van der Waals surface area contributed by atoms with Gasteiger partial charge in [-0.05, 0) is 80.3 Å². The van der Waals surface area contributed by atoms with Gasteiger partial charge in [0.2, 0.25) is 13.3 Å². The van der Waals surface area contributed by atoms with Crippen LogP contribution in [0.25, 0.3) is 0 Å². The number of amides is 1. The molecule has 1 fully saturated rings. The smallest absolute Gasteiger partial charge is 0.421 e. The van der Waals surface area contributed by atoms with Gasteiger partial charge in [0.25, 0.3) is 5.91 Å². The molecular weight excluding hydrogens is 622 g/mol. The molecule has 1 aromatic heterocycles. The second kappa shape index (κ2) is 12.8. The molecule has 1 amide bonds. The number of hydrogen-bond acceptors (Lipinski definition) is 9. The summed E-state index contributed by atoms with van der Waals surface area (Å²) < 4.78 is 66.0. The monoisotopic (exact) mass is 661 g/mol. The van der Waals surface area contributed by atoms with E-state index in [1.165, 1.54) is 12.0 Å². The molecule has 1 unspecified atom stereocenters. The number of fused-ring (bicyclic) bond motifs is 1. The van der Waals surface area contributed by atoms with Gasteiger partial charge in [0, 0.05) is 32.6 Å². The molecule has 0 bridgehead atoms. The summed E-state index contributed by atoms with van der Waals surface area (Å²) in [5.74, 6) is -0.474. The van der Waals surface area contributed by atoms with E-state index in [9.17, 15) is 27.6 Å². The van der Waals surface area contributed by atoms with Gasteiger partial charge in [-0.2, -0.15) is 18.2 Å². The van der Waals surface area contributed by atoms with E-state index in [1.54, 1.807) is 44.9 Å². The topological polar surface area (TPSA) is 126 Å². The number of halogens is 3. The average molecular weight is 662 g/mol. The number of anilines is 4. The zero-order valence-corrected chi connectivity index (χ0v) is 27.4. The van der Waals surface area contributed by atoms with Gasteiger partial charge < -0.3 is 29.9 Å². The van der Waals surface area contributed by atoms with Crippen LogP contribution < -0.4 is 15.4 Å². The van der Waals surface area contributed by atoms with Crippen molar-refractivity contribution in [2.45, 2.75) is 69.9 Å². The fourth-order valence-electron chi connectivity index (χ4n) is 6.20. The van der Waals surface area contributed by atoms with Crippen molar-refractivity contribution >= 4 is 36.4 Å². The van der Waals surface area contributed by atoms with Gasteiger partial charge in [0.15, 0.2) is 0 Å². The molecule has 0 radical (unpaired) electrons. The van der Waals surface area contributed by atoms with Gasteiger partial charge in [-0.25, -0.2) is 4.98 Å². The Balaban J connectivity index is 1.47. The number of ether oxygens (including phenoxy) is 1. The highest BCUT2D eigenvalue weighted by Gasteiger charge is 2.38. The summed E-state index contributed by atoms with van der Waals surface area (Å²) in [6.45, 7) is 5.79. The number of carbonyl (C=O) groups is 1. The number of aromatic nitrogens is 2. The molecule has 14 heteroatoms. The predicted molar refractivity (Wildman–Crippen MR) is 170 cm³/mol. The zero-order chi connectivity index (χ0) is 33.4. The highest BCUT2D eigenvalue weighted by atomic mass is 31.2. The summed E-state index contributed by atoms with van der Waals surface area (Å²) in [5, 5.41) is 16.1. The van der Waals surface area contributed by atoms with Crippen LogP contribution >= 0.6 is 7.37 Å². The molecule has 5 rings (SSSR count). The minimum absolute atomic E-state index is 0.132. The quantitative estimate of drug-likeness (QED) is 0.190. The zero-order valence-electron chi connectivity index (χ0n) is 26.5. The molecule has 0 spiro atoms. The van der Waals surface area contributed by atoms with Crippen molar-refractivity contribution < 1.29 is 36.9 Å². The number of methoxy groups -OCH3 is 1. The molecule has 46 heavy (non-hydrogen) atoms. The Morgan fingerprint density at radius 1 is 1.15 bits per heavy atom. The molecule has 2 aromatic carbocycles. The van der Waals surface area contributed by atoms with Crippen LogP contribution in [0.5, 0.6) is 5.75 Å². The molecule has 3 N–H and O–H groups in total. The fourth-order valence-corrected chi connectivity index (χ4v) is 7.69. The van der Waals surface area contributed by atoms with Crippen molar-refractivity contribution in [3.05, 3.63) is 64.3 Å². The van der Waals surface area contributed by atoms with Crippen LogP contribution in [0.2, 0.25) is 0 Å². The largest absolute Gasteiger partial charge is 0.495 e. The third-order valence-electron chi connectivity index (χ3n) is 8.54. The Kier molecular flexibility index (Phi) is 9.41. The lowest BCUT2D eigenvalue weighted by molar-refractivity contribution is -0.137. The first-order chi connectivity index (χ1) is 21.6. The van der Waals surface area contributed by atoms with Crippen molar-refractivity contribution in [3.63, 3.8) is 0 Å². The molecule has 0 saturated heterocycles. The Morgan fingerprint density at radius 2 is 1.85 bits per heavy atom. The Morgan fingerprint density at radius 3 is 2.50 bits per heavy atom. The summed E-state index contributed by atoms with van der Waals surface area (Å²) in [5.41, 5.74) is 1.54. The molecule has 1 aliphatic heterocycles. The molecule has 1 atom stereocenters. The van der Waals surface area contributed by atoms with E-state index in [0.29, 0.717) is 54.8 Å². The number of nitrogens with zero attached hydrogens (tertiary/aromatic N) is 3. The number of hydrogen-bond donors (Lipinski definition) is 3. The third-order valence-corrected chi connectivity index (χ3v) is 10.3. The van der Waals surface area contributed by atoms with E-state index >= 15 is 0 Å². The lowest BCUT2D eigenvalue weighted by Crippen LogP contribution is -2.29. The maximum absolute atomic E-state index is 14.2. The van der Waals surface area contributed by atoms with Crippen LogP contribution in [0.3, 0.4) is 0 Å². The third kappa shape index (κ3) is 7.32. The normalized spacial score (nSPS) is 21.1. The highest BCUT2D eigenvalue weighted by molar-refractivity contribution is 7.57. The van der Waals surface area contributed by atoms with Crippen molar-refractivity contribution in [2.75, 3.05) is 38.1 Å². The van der Waals surface area contributed by atoms with Crippen LogP contribution in [0.15, 0.2) is 36.5 Å². The first-order valence-corrected chi connectivity index (χ1v) is 17.4. The van der Waals surface area contributed by atoms with E-state index in [2.05, 4.69) is 20.6 Å². The van der Waals surface area contributed by atoms with E-state index in [1.807, 2.05) is 13.0 Å². The van der Waals surface area contributed by atoms with Gasteiger partial charge in [-0.1, -0.05) is 12.1 Å². The second-order valence-corrected chi connectivity index (χ2v) is 14.9. The summed E-state index contributed by atoms with van der Waals surface area (Å²) >= 11 is 0. The Labute approximate surface area is 266 Å². The van der Waals surface area contributed by atoms with Gasteiger partial charge >= 0.3 is 6.18 Å². The van der Waals surface area contributed by atoms with Crippen LogP contribution in [0, 0.1) is 0 Å². The Hall–Kier alpha value is -3.67. The van der Waals surface area contributed by atoms with E-state index in [4.69, 9.17) is 9.26 Å². The fraction of sp³-hybridized carbons (Fsp3) is 0.469. The molecule has 1 aliphatic carbocycles. The lowest BCUT2D eigenvalue weighted by atomic mass is 9.75. The predicted octanol–water partition coefficient (Wildman–Crippen LogP) is 7.43. The average Bonchev–Trinajstić information content (AvgIpc) is 3.27. The number of benzene rings is 2. The maximum Gasteiger partial charge on any atom is 0.421 e. The summed E-state index contributed by atoms with van der Waals surface area (Å²) in [7, 11) is 0.223. The number of alkyl halides is 3. The number of carbonyl (C=O) groups excluding carboxylic acids is 1. The van der Waals surface area contributed by atoms with Crippen molar-refractivity contribution in [1.82, 2.24) is 14.9 Å². The van der Waals surface area contributed by atoms with Crippen LogP contribution in [-0.4, -0.2) is 58.9 Å². The minimum Gasteiger partial charge on any atom is -0.495 e. The minimum atomic E-state index is -4.78. The van der Waals surface area contributed by atoms with Gasteiger partial charge in [0.1, 0.15) is 17.1 Å². The maximum atomic E-state index is 14.2. The number of rotatable bonds is 10. The molecular formula is C32H39F3N5O5P. The number of aliphatic hydroxyl groups is 1. The molecule has 248 valence electrons. The van der Waals surface area contributed by atoms with Crippen LogP contribution in [0.1, 0.15) is 78.1 Å². The summed E-state index contributed by atoms with van der Waals surface area (Å²) in [6, 6.07) is 8.51. The van der Waals surface area contributed by atoms with E-state index < -0.39 is 30.5 Å². The first-order valence-electron chi connectivity index (χ1n) is 15.1.